The molecule has 0 aliphatic carbocycles. The predicted molar refractivity (Wildman–Crippen MR) is 98.4 cm³/mol. The summed E-state index contributed by atoms with van der Waals surface area (Å²) < 4.78 is 6.39. The van der Waals surface area contributed by atoms with Crippen molar-refractivity contribution in [2.45, 2.75) is 13.0 Å². The molecule has 1 aliphatic rings. The van der Waals surface area contributed by atoms with Crippen LogP contribution in [0.3, 0.4) is 0 Å². The van der Waals surface area contributed by atoms with Crippen LogP contribution in [0.2, 0.25) is 0 Å². The lowest BCUT2D eigenvalue weighted by molar-refractivity contribution is -0.136. The number of aryl methyl sites for hydroxylation is 1. The molecule has 0 unspecified atom stereocenters. The summed E-state index contributed by atoms with van der Waals surface area (Å²) in [6.07, 6.45) is 0. The predicted octanol–water partition coefficient (Wildman–Crippen LogP) is 2.37. The van der Waals surface area contributed by atoms with Gasteiger partial charge in [0.2, 0.25) is 11.7 Å². The number of allylic oxidation sites excluding steroid dienone is 1. The largest absolute Gasteiger partial charge is 0.464 e. The van der Waals surface area contributed by atoms with E-state index in [2.05, 4.69) is 20.8 Å². The van der Waals surface area contributed by atoms with Crippen molar-refractivity contribution in [2.24, 2.45) is 0 Å². The van der Waals surface area contributed by atoms with Gasteiger partial charge in [0, 0.05) is 0 Å². The van der Waals surface area contributed by atoms with Gasteiger partial charge in [-0.3, -0.25) is 4.79 Å². The summed E-state index contributed by atoms with van der Waals surface area (Å²) >= 11 is 1.30. The number of aromatic nitrogens is 4. The van der Waals surface area contributed by atoms with Gasteiger partial charge >= 0.3 is 5.97 Å². The zero-order chi connectivity index (χ0) is 19.0. The topological polar surface area (TPSA) is 99.0 Å². The molecule has 0 amide bonds. The van der Waals surface area contributed by atoms with E-state index in [1.54, 1.807) is 12.1 Å². The number of thiophene rings is 1. The first-order valence-electron chi connectivity index (χ1n) is 8.12. The van der Waals surface area contributed by atoms with Gasteiger partial charge in [0.25, 0.3) is 0 Å². The van der Waals surface area contributed by atoms with Crippen LogP contribution >= 0.6 is 11.3 Å². The van der Waals surface area contributed by atoms with Crippen molar-refractivity contribution in [3.05, 3.63) is 69.1 Å². The number of methoxy groups -OCH3 is 1. The Hall–Kier alpha value is -3.33. The van der Waals surface area contributed by atoms with Crippen LogP contribution in [0.5, 0.6) is 0 Å². The van der Waals surface area contributed by atoms with Crippen molar-refractivity contribution in [1.82, 2.24) is 20.2 Å². The molecule has 0 saturated heterocycles. The fourth-order valence-corrected chi connectivity index (χ4v) is 3.66. The second-order valence-corrected chi connectivity index (χ2v) is 6.92. The standard InChI is InChI=1S/C18H15N5O3S/c1-10-5-7-11(8-6-10)15-13(16(24)12-4-3-9-27-12)14(17(25)26-2)19-18-20-21-22-23(15)18/h3-9,15H,1-2H3,(H,19,20,22)/t15-/m0/s1. The minimum atomic E-state index is -0.652. The molecule has 2 aromatic heterocycles. The van der Waals surface area contributed by atoms with Crippen LogP contribution in [0.25, 0.3) is 0 Å². The molecule has 0 radical (unpaired) electrons. The second kappa shape index (κ2) is 6.76. The Kier molecular flexibility index (Phi) is 4.28. The summed E-state index contributed by atoms with van der Waals surface area (Å²) in [5.41, 5.74) is 2.15. The van der Waals surface area contributed by atoms with Gasteiger partial charge in [-0.2, -0.15) is 4.68 Å². The van der Waals surface area contributed by atoms with Crippen LogP contribution in [0.4, 0.5) is 5.95 Å². The molecule has 3 aromatic rings. The molecule has 0 spiro atoms. The van der Waals surface area contributed by atoms with E-state index in [1.807, 2.05) is 36.6 Å². The zero-order valence-electron chi connectivity index (χ0n) is 14.5. The fraction of sp³-hybridized carbons (Fsp3) is 0.167. The zero-order valence-corrected chi connectivity index (χ0v) is 15.4. The number of Topliss-reactive ketones (excluding diaryl/α,β-unsaturated/α-hetero) is 1. The normalized spacial score (nSPS) is 15.9. The quantitative estimate of drug-likeness (QED) is 0.547. The Labute approximate surface area is 158 Å². The van der Waals surface area contributed by atoms with E-state index in [0.29, 0.717) is 4.88 Å². The van der Waals surface area contributed by atoms with Crippen molar-refractivity contribution in [3.63, 3.8) is 0 Å². The monoisotopic (exact) mass is 381 g/mol. The van der Waals surface area contributed by atoms with Crippen molar-refractivity contribution in [2.75, 3.05) is 12.4 Å². The van der Waals surface area contributed by atoms with E-state index < -0.39 is 12.0 Å². The Morgan fingerprint density at radius 3 is 2.67 bits per heavy atom. The van der Waals surface area contributed by atoms with E-state index in [0.717, 1.165) is 11.1 Å². The first-order valence-corrected chi connectivity index (χ1v) is 9.00. The maximum Gasteiger partial charge on any atom is 0.355 e. The van der Waals surface area contributed by atoms with Gasteiger partial charge in [-0.15, -0.1) is 11.3 Å². The van der Waals surface area contributed by atoms with Gasteiger partial charge in [-0.1, -0.05) is 41.0 Å². The number of carbonyl (C=O) groups is 2. The van der Waals surface area contributed by atoms with Gasteiger partial charge in [0.05, 0.1) is 17.6 Å². The summed E-state index contributed by atoms with van der Waals surface area (Å²) in [5.74, 6) is -0.658. The Balaban J connectivity index is 1.95. The van der Waals surface area contributed by atoms with Crippen LogP contribution in [-0.2, 0) is 9.53 Å². The molecule has 27 heavy (non-hydrogen) atoms. The molecule has 3 heterocycles. The Bertz CT molecular complexity index is 1040. The van der Waals surface area contributed by atoms with Crippen LogP contribution in [0, 0.1) is 6.92 Å². The molecule has 1 atom stereocenters. The highest BCUT2D eigenvalue weighted by Gasteiger charge is 2.38. The number of carbonyl (C=O) groups excluding carboxylic acids is 2. The maximum absolute atomic E-state index is 13.3. The lowest BCUT2D eigenvalue weighted by Gasteiger charge is -2.27. The molecule has 0 bridgehead atoms. The van der Waals surface area contributed by atoms with Crippen molar-refractivity contribution in [1.29, 1.82) is 0 Å². The van der Waals surface area contributed by atoms with Crippen molar-refractivity contribution >= 4 is 29.0 Å². The van der Waals surface area contributed by atoms with Gasteiger partial charge in [-0.05, 0) is 34.4 Å². The molecule has 1 aliphatic heterocycles. The third-order valence-electron chi connectivity index (χ3n) is 4.29. The van der Waals surface area contributed by atoms with E-state index in [-0.39, 0.29) is 23.0 Å². The molecule has 1 aromatic carbocycles. The van der Waals surface area contributed by atoms with Crippen LogP contribution in [0.15, 0.2) is 53.0 Å². The third-order valence-corrected chi connectivity index (χ3v) is 5.16. The van der Waals surface area contributed by atoms with Crippen LogP contribution < -0.4 is 5.32 Å². The van der Waals surface area contributed by atoms with Gasteiger partial charge in [0.15, 0.2) is 0 Å². The molecule has 0 saturated carbocycles. The number of fused-ring (bicyclic) bond motifs is 1. The summed E-state index contributed by atoms with van der Waals surface area (Å²) in [6.45, 7) is 1.97. The number of benzene rings is 1. The molecule has 9 heteroatoms. The molecule has 136 valence electrons. The number of nitrogens with one attached hydrogen (secondary N) is 1. The number of anilines is 1. The number of rotatable bonds is 4. The van der Waals surface area contributed by atoms with Crippen molar-refractivity contribution in [3.8, 4) is 0 Å². The number of ketones is 1. The van der Waals surface area contributed by atoms with Crippen LogP contribution in [0.1, 0.15) is 26.8 Å². The molecular weight excluding hydrogens is 366 g/mol. The number of esters is 1. The highest BCUT2D eigenvalue weighted by molar-refractivity contribution is 7.12. The van der Waals surface area contributed by atoms with Gasteiger partial charge in [-0.25, -0.2) is 4.79 Å². The number of tetrazole rings is 1. The highest BCUT2D eigenvalue weighted by atomic mass is 32.1. The summed E-state index contributed by atoms with van der Waals surface area (Å²) in [5, 5.41) is 16.3. The summed E-state index contributed by atoms with van der Waals surface area (Å²) in [7, 11) is 1.27. The van der Waals surface area contributed by atoms with Gasteiger partial charge < -0.3 is 10.1 Å². The summed E-state index contributed by atoms with van der Waals surface area (Å²) in [6, 6.07) is 10.5. The maximum atomic E-state index is 13.3. The smallest absolute Gasteiger partial charge is 0.355 e. The number of hydrogen-bond donors (Lipinski definition) is 1. The Morgan fingerprint density at radius 1 is 1.22 bits per heavy atom. The number of hydrogen-bond acceptors (Lipinski definition) is 8. The number of nitrogens with zero attached hydrogens (tertiary/aromatic N) is 4. The third kappa shape index (κ3) is 2.91. The molecule has 1 N–H and O–H groups in total. The number of ether oxygens (including phenoxy) is 1. The summed E-state index contributed by atoms with van der Waals surface area (Å²) in [4.78, 5) is 26.3. The highest BCUT2D eigenvalue weighted by Crippen LogP contribution is 2.37. The average Bonchev–Trinajstić information content (AvgIpc) is 3.37. The molecular formula is C18H15N5O3S. The van der Waals surface area contributed by atoms with Crippen LogP contribution in [-0.4, -0.2) is 39.1 Å². The minimum absolute atomic E-state index is 0.0452. The van der Waals surface area contributed by atoms with E-state index >= 15 is 0 Å². The lowest BCUT2D eigenvalue weighted by Crippen LogP contribution is -2.32. The fourth-order valence-electron chi connectivity index (χ4n) is 2.99. The molecule has 0 fully saturated rings. The van der Waals surface area contributed by atoms with E-state index in [4.69, 9.17) is 4.74 Å². The first-order chi connectivity index (χ1) is 13.1. The molecule has 4 rings (SSSR count). The second-order valence-electron chi connectivity index (χ2n) is 5.97. The lowest BCUT2D eigenvalue weighted by atomic mass is 9.91. The first kappa shape index (κ1) is 17.1. The molecule has 8 nitrogen and oxygen atoms in total. The SMILES string of the molecule is COC(=O)C1=C(C(=O)c2cccs2)[C@H](c2ccc(C)cc2)n2nnnc2N1. The average molecular weight is 381 g/mol. The minimum Gasteiger partial charge on any atom is -0.464 e. The Morgan fingerprint density at radius 2 is 2.00 bits per heavy atom. The van der Waals surface area contributed by atoms with Gasteiger partial charge in [0.1, 0.15) is 11.7 Å². The van der Waals surface area contributed by atoms with E-state index in [1.165, 1.54) is 23.1 Å². The van der Waals surface area contributed by atoms with Crippen molar-refractivity contribution < 1.29 is 14.3 Å². The van der Waals surface area contributed by atoms with E-state index in [9.17, 15) is 9.59 Å².